The summed E-state index contributed by atoms with van der Waals surface area (Å²) in [5.74, 6) is 0. The fraction of sp³-hybridized carbons (Fsp3) is 0.500. The molecule has 0 aliphatic heterocycles. The second kappa shape index (κ2) is 4.33. The van der Waals surface area contributed by atoms with Gasteiger partial charge in [0.15, 0.2) is 0 Å². The van der Waals surface area contributed by atoms with Crippen molar-refractivity contribution in [2.45, 2.75) is 38.3 Å². The van der Waals surface area contributed by atoms with Gasteiger partial charge in [0.25, 0.3) is 0 Å². The molecule has 1 nitrogen and oxygen atoms in total. The van der Waals surface area contributed by atoms with Crippen molar-refractivity contribution in [3.05, 3.63) is 34.9 Å². The predicted octanol–water partition coefficient (Wildman–Crippen LogP) is 3.02. The molecule has 0 unspecified atom stereocenters. The molecule has 1 atom stereocenters. The van der Waals surface area contributed by atoms with E-state index in [9.17, 15) is 0 Å². The normalized spacial score (nSPS) is 18.1. The van der Waals surface area contributed by atoms with E-state index in [1.807, 2.05) is 12.1 Å². The molecule has 2 heteroatoms. The average molecular weight is 210 g/mol. The number of benzene rings is 1. The molecular weight excluding hydrogens is 194 g/mol. The molecule has 1 aliphatic carbocycles. The number of halogens is 1. The molecule has 1 aromatic carbocycles. The molecular formula is C12H16ClN. The maximum Gasteiger partial charge on any atom is 0.0406 e. The van der Waals surface area contributed by atoms with Crippen molar-refractivity contribution in [1.82, 2.24) is 5.32 Å². The minimum atomic E-state index is 0.573. The zero-order valence-electron chi connectivity index (χ0n) is 8.46. The Morgan fingerprint density at radius 2 is 2.00 bits per heavy atom. The predicted molar refractivity (Wildman–Crippen MR) is 60.8 cm³/mol. The van der Waals surface area contributed by atoms with Gasteiger partial charge in [0, 0.05) is 17.1 Å². The highest BCUT2D eigenvalue weighted by Gasteiger charge is 2.22. The van der Waals surface area contributed by atoms with Crippen LogP contribution in [0.3, 0.4) is 0 Å². The molecule has 0 bridgehead atoms. The first kappa shape index (κ1) is 10.0. The molecule has 76 valence electrons. The highest BCUT2D eigenvalue weighted by molar-refractivity contribution is 6.30. The Labute approximate surface area is 90.5 Å². The third-order valence-corrected chi connectivity index (χ3v) is 2.80. The van der Waals surface area contributed by atoms with Gasteiger partial charge in [-0.2, -0.15) is 0 Å². The summed E-state index contributed by atoms with van der Waals surface area (Å²) in [6.07, 6.45) is 3.80. The van der Waals surface area contributed by atoms with Crippen molar-refractivity contribution in [1.29, 1.82) is 0 Å². The second-order valence-electron chi connectivity index (χ2n) is 4.17. The zero-order chi connectivity index (χ0) is 9.97. The Bertz CT molecular complexity index is 290. The molecule has 0 amide bonds. The molecule has 0 spiro atoms. The molecule has 0 saturated heterocycles. The van der Waals surface area contributed by atoms with Crippen molar-refractivity contribution in [3.8, 4) is 0 Å². The second-order valence-corrected chi connectivity index (χ2v) is 4.61. The number of nitrogens with one attached hydrogen (secondary N) is 1. The molecule has 0 aromatic heterocycles. The van der Waals surface area contributed by atoms with Crippen LogP contribution >= 0.6 is 11.6 Å². The molecule has 2 rings (SSSR count). The molecule has 1 saturated carbocycles. The topological polar surface area (TPSA) is 12.0 Å². The van der Waals surface area contributed by atoms with E-state index < -0.39 is 0 Å². The van der Waals surface area contributed by atoms with Crippen LogP contribution in [-0.2, 0) is 6.42 Å². The third-order valence-electron chi connectivity index (χ3n) is 2.55. The molecule has 1 N–H and O–H groups in total. The molecule has 1 aliphatic rings. The van der Waals surface area contributed by atoms with E-state index >= 15 is 0 Å². The van der Waals surface area contributed by atoms with Crippen LogP contribution in [0, 0.1) is 0 Å². The standard InChI is InChI=1S/C12H16ClN/c1-9(14-12-6-7-12)8-10-2-4-11(13)5-3-10/h2-5,9,12,14H,6-8H2,1H3/t9-/m0/s1. The lowest BCUT2D eigenvalue weighted by Gasteiger charge is -2.12. The average Bonchev–Trinajstić information content (AvgIpc) is 2.93. The molecule has 1 aromatic rings. The largest absolute Gasteiger partial charge is 0.311 e. The van der Waals surface area contributed by atoms with E-state index in [0.717, 1.165) is 17.5 Å². The Hall–Kier alpha value is -0.530. The Balaban J connectivity index is 1.85. The lowest BCUT2D eigenvalue weighted by molar-refractivity contribution is 0.542. The molecule has 0 heterocycles. The fourth-order valence-corrected chi connectivity index (χ4v) is 1.81. The minimum Gasteiger partial charge on any atom is -0.311 e. The first-order chi connectivity index (χ1) is 6.74. The van der Waals surface area contributed by atoms with Gasteiger partial charge in [-0.3, -0.25) is 0 Å². The molecule has 14 heavy (non-hydrogen) atoms. The summed E-state index contributed by atoms with van der Waals surface area (Å²) in [7, 11) is 0. The van der Waals surface area contributed by atoms with Crippen LogP contribution in [0.15, 0.2) is 24.3 Å². The minimum absolute atomic E-state index is 0.573. The van der Waals surface area contributed by atoms with Crippen LogP contribution in [0.4, 0.5) is 0 Å². The summed E-state index contributed by atoms with van der Waals surface area (Å²) >= 11 is 5.83. The summed E-state index contributed by atoms with van der Waals surface area (Å²) in [5.41, 5.74) is 1.36. The first-order valence-electron chi connectivity index (χ1n) is 5.24. The summed E-state index contributed by atoms with van der Waals surface area (Å²) in [5, 5.41) is 4.40. The summed E-state index contributed by atoms with van der Waals surface area (Å²) < 4.78 is 0. The van der Waals surface area contributed by atoms with Crippen LogP contribution < -0.4 is 5.32 Å². The van der Waals surface area contributed by atoms with E-state index in [-0.39, 0.29) is 0 Å². The van der Waals surface area contributed by atoms with Gasteiger partial charge >= 0.3 is 0 Å². The molecule has 0 radical (unpaired) electrons. The van der Waals surface area contributed by atoms with Gasteiger partial charge in [0.1, 0.15) is 0 Å². The van der Waals surface area contributed by atoms with Crippen LogP contribution in [0.1, 0.15) is 25.3 Å². The summed E-state index contributed by atoms with van der Waals surface area (Å²) in [4.78, 5) is 0. The van der Waals surface area contributed by atoms with Gasteiger partial charge in [0.05, 0.1) is 0 Å². The fourth-order valence-electron chi connectivity index (χ4n) is 1.69. The highest BCUT2D eigenvalue weighted by atomic mass is 35.5. The number of hydrogen-bond acceptors (Lipinski definition) is 1. The maximum atomic E-state index is 5.83. The van der Waals surface area contributed by atoms with Gasteiger partial charge in [-0.25, -0.2) is 0 Å². The Morgan fingerprint density at radius 1 is 1.36 bits per heavy atom. The van der Waals surface area contributed by atoms with E-state index in [1.165, 1.54) is 18.4 Å². The Kier molecular flexibility index (Phi) is 3.09. The van der Waals surface area contributed by atoms with E-state index in [0.29, 0.717) is 6.04 Å². The van der Waals surface area contributed by atoms with Gasteiger partial charge < -0.3 is 5.32 Å². The number of hydrogen-bond donors (Lipinski definition) is 1. The van der Waals surface area contributed by atoms with Crippen LogP contribution in [0.25, 0.3) is 0 Å². The van der Waals surface area contributed by atoms with E-state index in [4.69, 9.17) is 11.6 Å². The zero-order valence-corrected chi connectivity index (χ0v) is 9.22. The number of rotatable bonds is 4. The van der Waals surface area contributed by atoms with Crippen molar-refractivity contribution in [2.24, 2.45) is 0 Å². The lowest BCUT2D eigenvalue weighted by Crippen LogP contribution is -2.29. The Morgan fingerprint density at radius 3 is 2.57 bits per heavy atom. The molecule has 1 fully saturated rings. The lowest BCUT2D eigenvalue weighted by atomic mass is 10.1. The summed E-state index contributed by atoms with van der Waals surface area (Å²) in [6, 6.07) is 9.49. The van der Waals surface area contributed by atoms with Crippen molar-refractivity contribution in [2.75, 3.05) is 0 Å². The SMILES string of the molecule is C[C@@H](Cc1ccc(Cl)cc1)NC1CC1. The van der Waals surface area contributed by atoms with Crippen LogP contribution in [-0.4, -0.2) is 12.1 Å². The van der Waals surface area contributed by atoms with Crippen molar-refractivity contribution in [3.63, 3.8) is 0 Å². The van der Waals surface area contributed by atoms with Crippen molar-refractivity contribution >= 4 is 11.6 Å². The van der Waals surface area contributed by atoms with Crippen LogP contribution in [0.2, 0.25) is 5.02 Å². The van der Waals surface area contributed by atoms with Gasteiger partial charge in [0.2, 0.25) is 0 Å². The van der Waals surface area contributed by atoms with Gasteiger partial charge in [-0.1, -0.05) is 23.7 Å². The van der Waals surface area contributed by atoms with E-state index in [2.05, 4.69) is 24.4 Å². The van der Waals surface area contributed by atoms with Gasteiger partial charge in [-0.05, 0) is 43.9 Å². The van der Waals surface area contributed by atoms with Crippen LogP contribution in [0.5, 0.6) is 0 Å². The van der Waals surface area contributed by atoms with E-state index in [1.54, 1.807) is 0 Å². The summed E-state index contributed by atoms with van der Waals surface area (Å²) in [6.45, 7) is 2.24. The smallest absolute Gasteiger partial charge is 0.0406 e. The maximum absolute atomic E-state index is 5.83. The monoisotopic (exact) mass is 209 g/mol. The highest BCUT2D eigenvalue weighted by Crippen LogP contribution is 2.20. The third kappa shape index (κ3) is 3.00. The quantitative estimate of drug-likeness (QED) is 0.804. The van der Waals surface area contributed by atoms with Gasteiger partial charge in [-0.15, -0.1) is 0 Å². The first-order valence-corrected chi connectivity index (χ1v) is 5.62. The van der Waals surface area contributed by atoms with Crippen molar-refractivity contribution < 1.29 is 0 Å².